The van der Waals surface area contributed by atoms with E-state index < -0.39 is 5.38 Å². The van der Waals surface area contributed by atoms with Crippen LogP contribution >= 0.6 is 11.6 Å². The summed E-state index contributed by atoms with van der Waals surface area (Å²) in [6.07, 6.45) is 0.942. The van der Waals surface area contributed by atoms with Gasteiger partial charge in [0.1, 0.15) is 5.38 Å². The standard InChI is InChI=1S/C18H19ClN2O/c19-17(14-11-12-20-13-14)18(22)21(15-7-3-1-4-8-15)16-9-5-2-6-10-16/h1-10,14,17,20H,11-13H2. The molecule has 114 valence electrons. The summed E-state index contributed by atoms with van der Waals surface area (Å²) in [6.45, 7) is 1.73. The van der Waals surface area contributed by atoms with Crippen LogP contribution in [0.15, 0.2) is 60.7 Å². The second-order valence-corrected chi connectivity index (χ2v) is 5.97. The van der Waals surface area contributed by atoms with Crippen molar-refractivity contribution in [2.45, 2.75) is 11.8 Å². The number of anilines is 2. The fourth-order valence-corrected chi connectivity index (χ4v) is 3.12. The van der Waals surface area contributed by atoms with E-state index in [0.29, 0.717) is 0 Å². The summed E-state index contributed by atoms with van der Waals surface area (Å²) >= 11 is 6.50. The van der Waals surface area contributed by atoms with Crippen molar-refractivity contribution in [3.63, 3.8) is 0 Å². The molecule has 0 radical (unpaired) electrons. The molecule has 1 aliphatic heterocycles. The van der Waals surface area contributed by atoms with Crippen molar-refractivity contribution < 1.29 is 4.79 Å². The highest BCUT2D eigenvalue weighted by atomic mass is 35.5. The monoisotopic (exact) mass is 314 g/mol. The van der Waals surface area contributed by atoms with Crippen molar-refractivity contribution in [1.82, 2.24) is 5.32 Å². The number of rotatable bonds is 4. The maximum atomic E-state index is 13.0. The van der Waals surface area contributed by atoms with Crippen molar-refractivity contribution in [3.05, 3.63) is 60.7 Å². The zero-order chi connectivity index (χ0) is 15.4. The van der Waals surface area contributed by atoms with E-state index in [1.54, 1.807) is 4.90 Å². The van der Waals surface area contributed by atoms with Gasteiger partial charge in [-0.05, 0) is 49.7 Å². The van der Waals surface area contributed by atoms with Crippen LogP contribution in [0.5, 0.6) is 0 Å². The van der Waals surface area contributed by atoms with Crippen LogP contribution in [0.25, 0.3) is 0 Å². The molecule has 0 aliphatic carbocycles. The molecule has 22 heavy (non-hydrogen) atoms. The van der Waals surface area contributed by atoms with Gasteiger partial charge in [0.05, 0.1) is 0 Å². The largest absolute Gasteiger partial charge is 0.316 e. The molecule has 0 saturated carbocycles. The second-order valence-electron chi connectivity index (χ2n) is 5.50. The molecular formula is C18H19ClN2O. The van der Waals surface area contributed by atoms with Gasteiger partial charge in [-0.2, -0.15) is 0 Å². The van der Waals surface area contributed by atoms with Crippen LogP contribution < -0.4 is 10.2 Å². The number of hydrogen-bond acceptors (Lipinski definition) is 2. The van der Waals surface area contributed by atoms with Crippen LogP contribution in [0.1, 0.15) is 6.42 Å². The van der Waals surface area contributed by atoms with Crippen molar-refractivity contribution >= 4 is 28.9 Å². The summed E-state index contributed by atoms with van der Waals surface area (Å²) < 4.78 is 0. The smallest absolute Gasteiger partial charge is 0.249 e. The first-order valence-electron chi connectivity index (χ1n) is 7.56. The molecule has 1 fully saturated rings. The van der Waals surface area contributed by atoms with E-state index in [0.717, 1.165) is 30.9 Å². The summed E-state index contributed by atoms with van der Waals surface area (Å²) in [7, 11) is 0. The van der Waals surface area contributed by atoms with Crippen LogP contribution in [0.3, 0.4) is 0 Å². The number of carbonyl (C=O) groups is 1. The first-order valence-corrected chi connectivity index (χ1v) is 8.00. The van der Waals surface area contributed by atoms with E-state index in [1.165, 1.54) is 0 Å². The van der Waals surface area contributed by atoms with Crippen LogP contribution in [0, 0.1) is 5.92 Å². The lowest BCUT2D eigenvalue weighted by atomic mass is 10.0. The fourth-order valence-electron chi connectivity index (χ4n) is 2.81. The van der Waals surface area contributed by atoms with Gasteiger partial charge in [-0.25, -0.2) is 0 Å². The highest BCUT2D eigenvalue weighted by Gasteiger charge is 2.33. The molecule has 1 amide bonds. The normalized spacial score (nSPS) is 18.9. The number of nitrogens with one attached hydrogen (secondary N) is 1. The second kappa shape index (κ2) is 6.95. The van der Waals surface area contributed by atoms with E-state index in [9.17, 15) is 4.79 Å². The van der Waals surface area contributed by atoms with Gasteiger partial charge < -0.3 is 5.32 Å². The number of hydrogen-bond donors (Lipinski definition) is 1. The van der Waals surface area contributed by atoms with Gasteiger partial charge in [0.2, 0.25) is 5.91 Å². The predicted molar refractivity (Wildman–Crippen MR) is 90.6 cm³/mol. The Balaban J connectivity index is 1.93. The Bertz CT molecular complexity index is 572. The summed E-state index contributed by atoms with van der Waals surface area (Å²) in [5.41, 5.74) is 1.69. The SMILES string of the molecule is O=C(C(Cl)C1CCNC1)N(c1ccccc1)c1ccccc1. The first-order chi connectivity index (χ1) is 10.8. The number of para-hydroxylation sites is 2. The Hall–Kier alpha value is -1.84. The van der Waals surface area contributed by atoms with E-state index in [-0.39, 0.29) is 11.8 Å². The van der Waals surface area contributed by atoms with Gasteiger partial charge in [-0.15, -0.1) is 11.6 Å². The van der Waals surface area contributed by atoms with Crippen LogP contribution in [-0.4, -0.2) is 24.4 Å². The molecule has 2 aromatic rings. The summed E-state index contributed by atoms with van der Waals surface area (Å²) in [4.78, 5) is 14.7. The van der Waals surface area contributed by atoms with E-state index in [2.05, 4.69) is 5.32 Å². The van der Waals surface area contributed by atoms with Gasteiger partial charge >= 0.3 is 0 Å². The first kappa shape index (κ1) is 15.1. The molecule has 2 aromatic carbocycles. The maximum absolute atomic E-state index is 13.0. The lowest BCUT2D eigenvalue weighted by molar-refractivity contribution is -0.118. The molecule has 0 bridgehead atoms. The Morgan fingerprint density at radius 3 is 2.05 bits per heavy atom. The van der Waals surface area contributed by atoms with Crippen LogP contribution in [-0.2, 0) is 4.79 Å². The number of amides is 1. The molecule has 2 unspecified atom stereocenters. The topological polar surface area (TPSA) is 32.3 Å². The summed E-state index contributed by atoms with van der Waals surface area (Å²) in [5, 5.41) is 2.75. The van der Waals surface area contributed by atoms with E-state index in [4.69, 9.17) is 11.6 Å². The molecule has 1 saturated heterocycles. The molecular weight excluding hydrogens is 296 g/mol. The molecule has 0 spiro atoms. The Labute approximate surface area is 135 Å². The van der Waals surface area contributed by atoms with Gasteiger partial charge in [-0.1, -0.05) is 36.4 Å². The Morgan fingerprint density at radius 2 is 1.59 bits per heavy atom. The Morgan fingerprint density at radius 1 is 1.05 bits per heavy atom. The van der Waals surface area contributed by atoms with Crippen molar-refractivity contribution in [2.24, 2.45) is 5.92 Å². The quantitative estimate of drug-likeness (QED) is 0.875. The number of alkyl halides is 1. The molecule has 1 N–H and O–H groups in total. The van der Waals surface area contributed by atoms with Crippen molar-refractivity contribution in [1.29, 1.82) is 0 Å². The fraction of sp³-hybridized carbons (Fsp3) is 0.278. The summed E-state index contributed by atoms with van der Waals surface area (Å²) in [6, 6.07) is 19.3. The minimum absolute atomic E-state index is 0.0623. The maximum Gasteiger partial charge on any atom is 0.249 e. The Kier molecular flexibility index (Phi) is 4.76. The number of carbonyl (C=O) groups excluding carboxylic acids is 1. The molecule has 4 heteroatoms. The third kappa shape index (κ3) is 3.16. The summed E-state index contributed by atoms with van der Waals surface area (Å²) in [5.74, 6) is 0.122. The van der Waals surface area contributed by atoms with Crippen molar-refractivity contribution in [2.75, 3.05) is 18.0 Å². The highest BCUT2D eigenvalue weighted by Crippen LogP contribution is 2.29. The lowest BCUT2D eigenvalue weighted by Gasteiger charge is -2.27. The third-order valence-corrected chi connectivity index (χ3v) is 4.54. The van der Waals surface area contributed by atoms with E-state index in [1.807, 2.05) is 60.7 Å². The third-order valence-electron chi connectivity index (χ3n) is 4.00. The zero-order valence-corrected chi connectivity index (χ0v) is 13.0. The highest BCUT2D eigenvalue weighted by molar-refractivity contribution is 6.34. The number of nitrogens with zero attached hydrogens (tertiary/aromatic N) is 1. The zero-order valence-electron chi connectivity index (χ0n) is 12.3. The molecule has 1 heterocycles. The van der Waals surface area contributed by atoms with Crippen molar-refractivity contribution in [3.8, 4) is 0 Å². The lowest BCUT2D eigenvalue weighted by Crippen LogP contribution is -2.38. The molecule has 3 nitrogen and oxygen atoms in total. The van der Waals surface area contributed by atoms with Crippen LogP contribution in [0.2, 0.25) is 0 Å². The van der Waals surface area contributed by atoms with Gasteiger partial charge in [0.15, 0.2) is 0 Å². The van der Waals surface area contributed by atoms with Gasteiger partial charge in [0.25, 0.3) is 0 Å². The molecule has 3 rings (SSSR count). The molecule has 1 aliphatic rings. The predicted octanol–water partition coefficient (Wildman–Crippen LogP) is 3.57. The number of benzene rings is 2. The molecule has 2 atom stereocenters. The van der Waals surface area contributed by atoms with Crippen LogP contribution in [0.4, 0.5) is 11.4 Å². The average Bonchev–Trinajstić information content (AvgIpc) is 3.11. The number of halogens is 1. The average molecular weight is 315 g/mol. The minimum atomic E-state index is -0.518. The van der Waals surface area contributed by atoms with Gasteiger partial charge in [-0.3, -0.25) is 9.69 Å². The minimum Gasteiger partial charge on any atom is -0.316 e. The van der Waals surface area contributed by atoms with E-state index >= 15 is 0 Å². The van der Waals surface area contributed by atoms with Gasteiger partial charge in [0, 0.05) is 11.4 Å². The molecule has 0 aromatic heterocycles.